The van der Waals surface area contributed by atoms with E-state index >= 15 is 0 Å². The molecule has 0 spiro atoms. The maximum absolute atomic E-state index is 13.6. The van der Waals surface area contributed by atoms with Crippen molar-refractivity contribution in [1.82, 2.24) is 25.5 Å². The summed E-state index contributed by atoms with van der Waals surface area (Å²) in [6.45, 7) is 1.92. The van der Waals surface area contributed by atoms with E-state index in [2.05, 4.69) is 20.8 Å². The number of aromatic nitrogens is 4. The molecule has 0 bridgehead atoms. The van der Waals surface area contributed by atoms with Crippen molar-refractivity contribution in [2.24, 2.45) is 0 Å². The maximum Gasteiger partial charge on any atom is 0.173 e. The van der Waals surface area contributed by atoms with Gasteiger partial charge in [0.25, 0.3) is 0 Å². The Morgan fingerprint density at radius 2 is 2.22 bits per heavy atom. The average Bonchev–Trinajstić information content (AvgIpc) is 2.86. The Morgan fingerprint density at radius 3 is 2.83 bits per heavy atom. The second-order valence-corrected chi connectivity index (χ2v) is 3.78. The van der Waals surface area contributed by atoms with E-state index in [9.17, 15) is 4.39 Å². The third-order valence-corrected chi connectivity index (χ3v) is 2.69. The molecular formula is C11H14FN5O. The Balaban J connectivity index is 2.43. The molecule has 1 heterocycles. The van der Waals surface area contributed by atoms with Gasteiger partial charge in [-0.25, -0.2) is 4.39 Å². The third-order valence-electron chi connectivity index (χ3n) is 2.69. The van der Waals surface area contributed by atoms with Crippen LogP contribution in [-0.4, -0.2) is 34.4 Å². The van der Waals surface area contributed by atoms with E-state index in [-0.39, 0.29) is 11.8 Å². The summed E-state index contributed by atoms with van der Waals surface area (Å²) in [5, 5.41) is 14.4. The minimum Gasteiger partial charge on any atom is -0.494 e. The van der Waals surface area contributed by atoms with Crippen LogP contribution in [0, 0.1) is 5.82 Å². The van der Waals surface area contributed by atoms with Gasteiger partial charge < -0.3 is 10.1 Å². The number of rotatable bonds is 4. The maximum atomic E-state index is 13.6. The molecule has 2 rings (SSSR count). The average molecular weight is 251 g/mol. The second-order valence-electron chi connectivity index (χ2n) is 3.78. The number of hydrogen-bond acceptors (Lipinski definition) is 5. The number of benzene rings is 1. The van der Waals surface area contributed by atoms with Gasteiger partial charge in [0.1, 0.15) is 0 Å². The van der Waals surface area contributed by atoms with Crippen LogP contribution in [0.15, 0.2) is 18.2 Å². The number of ether oxygens (including phenoxy) is 1. The second kappa shape index (κ2) is 5.09. The molecule has 1 aromatic carbocycles. The molecule has 18 heavy (non-hydrogen) atoms. The van der Waals surface area contributed by atoms with Crippen LogP contribution in [0.1, 0.15) is 18.8 Å². The van der Waals surface area contributed by atoms with Gasteiger partial charge in [-0.15, -0.1) is 5.10 Å². The Labute approximate surface area is 104 Å². The number of hydrogen-bond donors (Lipinski definition) is 1. The van der Waals surface area contributed by atoms with Crippen molar-refractivity contribution in [3.05, 3.63) is 29.8 Å². The van der Waals surface area contributed by atoms with Gasteiger partial charge in [-0.05, 0) is 36.5 Å². The molecule has 0 saturated heterocycles. The minimum absolute atomic E-state index is 0.0369. The SMILES string of the molecule is CNC(C)c1nnnn1-c1ccc(OC)c(F)c1. The zero-order valence-corrected chi connectivity index (χ0v) is 10.4. The lowest BCUT2D eigenvalue weighted by Gasteiger charge is -2.11. The third kappa shape index (κ3) is 2.17. The van der Waals surface area contributed by atoms with Crippen molar-refractivity contribution >= 4 is 0 Å². The highest BCUT2D eigenvalue weighted by molar-refractivity contribution is 5.38. The lowest BCUT2D eigenvalue weighted by molar-refractivity contribution is 0.386. The van der Waals surface area contributed by atoms with Crippen molar-refractivity contribution in [2.45, 2.75) is 13.0 Å². The van der Waals surface area contributed by atoms with E-state index in [0.717, 1.165) is 0 Å². The smallest absolute Gasteiger partial charge is 0.173 e. The standard InChI is InChI=1S/C11H14FN5O/c1-7(13-2)11-14-15-16-17(11)8-4-5-10(18-3)9(12)6-8/h4-7,13H,1-3H3. The van der Waals surface area contributed by atoms with Crippen LogP contribution in [0.25, 0.3) is 5.69 Å². The van der Waals surface area contributed by atoms with E-state index in [0.29, 0.717) is 11.5 Å². The van der Waals surface area contributed by atoms with E-state index < -0.39 is 5.82 Å². The molecule has 0 aliphatic rings. The molecule has 1 N–H and O–H groups in total. The van der Waals surface area contributed by atoms with Gasteiger partial charge in [-0.3, -0.25) is 0 Å². The number of tetrazole rings is 1. The van der Waals surface area contributed by atoms with Crippen molar-refractivity contribution < 1.29 is 9.13 Å². The molecule has 1 unspecified atom stereocenters. The van der Waals surface area contributed by atoms with Gasteiger partial charge in [0.15, 0.2) is 17.4 Å². The van der Waals surface area contributed by atoms with E-state index in [1.165, 1.54) is 17.9 Å². The molecule has 2 aromatic rings. The Hall–Kier alpha value is -2.02. The van der Waals surface area contributed by atoms with Crippen LogP contribution in [0.3, 0.4) is 0 Å². The summed E-state index contributed by atoms with van der Waals surface area (Å²) in [4.78, 5) is 0. The first-order valence-corrected chi connectivity index (χ1v) is 5.46. The molecule has 0 fully saturated rings. The van der Waals surface area contributed by atoms with Crippen LogP contribution < -0.4 is 10.1 Å². The fraction of sp³-hybridized carbons (Fsp3) is 0.364. The normalized spacial score (nSPS) is 12.4. The molecule has 96 valence electrons. The molecule has 0 radical (unpaired) electrons. The van der Waals surface area contributed by atoms with Crippen molar-refractivity contribution in [3.63, 3.8) is 0 Å². The number of nitrogens with one attached hydrogen (secondary N) is 1. The highest BCUT2D eigenvalue weighted by atomic mass is 19.1. The fourth-order valence-electron chi connectivity index (χ4n) is 1.56. The summed E-state index contributed by atoms with van der Waals surface area (Å²) >= 11 is 0. The molecule has 0 aliphatic carbocycles. The van der Waals surface area contributed by atoms with Crippen LogP contribution in [0.2, 0.25) is 0 Å². The molecule has 1 atom stereocenters. The molecule has 0 saturated carbocycles. The van der Waals surface area contributed by atoms with Gasteiger partial charge in [0.2, 0.25) is 0 Å². The van der Waals surface area contributed by atoms with E-state index in [1.807, 2.05) is 6.92 Å². The first kappa shape index (κ1) is 12.4. The van der Waals surface area contributed by atoms with Crippen molar-refractivity contribution in [2.75, 3.05) is 14.2 Å². The summed E-state index contributed by atoms with van der Waals surface area (Å²) in [5.41, 5.74) is 0.551. The first-order valence-electron chi connectivity index (χ1n) is 5.46. The molecule has 0 amide bonds. The summed E-state index contributed by atoms with van der Waals surface area (Å²) in [6.07, 6.45) is 0. The van der Waals surface area contributed by atoms with Gasteiger partial charge in [-0.2, -0.15) is 4.68 Å². The monoisotopic (exact) mass is 251 g/mol. The van der Waals surface area contributed by atoms with Gasteiger partial charge in [-0.1, -0.05) is 0 Å². The highest BCUT2D eigenvalue weighted by Crippen LogP contribution is 2.21. The summed E-state index contributed by atoms with van der Waals surface area (Å²) in [6, 6.07) is 4.54. The Morgan fingerprint density at radius 1 is 1.44 bits per heavy atom. The quantitative estimate of drug-likeness (QED) is 0.881. The van der Waals surface area contributed by atoms with E-state index in [4.69, 9.17) is 4.74 Å². The highest BCUT2D eigenvalue weighted by Gasteiger charge is 2.15. The molecule has 1 aromatic heterocycles. The topological polar surface area (TPSA) is 64.9 Å². The van der Waals surface area contributed by atoms with Crippen molar-refractivity contribution in [1.29, 1.82) is 0 Å². The lowest BCUT2D eigenvalue weighted by Crippen LogP contribution is -2.17. The van der Waals surface area contributed by atoms with Crippen LogP contribution >= 0.6 is 0 Å². The summed E-state index contributed by atoms with van der Waals surface area (Å²) in [5.74, 6) is 0.352. The number of methoxy groups -OCH3 is 1. The van der Waals surface area contributed by atoms with Crippen LogP contribution in [0.4, 0.5) is 4.39 Å². The molecule has 7 heteroatoms. The first-order chi connectivity index (χ1) is 8.67. The summed E-state index contributed by atoms with van der Waals surface area (Å²) < 4.78 is 20.0. The number of nitrogens with zero attached hydrogens (tertiary/aromatic N) is 4. The van der Waals surface area contributed by atoms with E-state index in [1.54, 1.807) is 19.2 Å². The molecule has 6 nitrogen and oxygen atoms in total. The van der Waals surface area contributed by atoms with Gasteiger partial charge in [0, 0.05) is 6.07 Å². The minimum atomic E-state index is -0.450. The zero-order chi connectivity index (χ0) is 13.1. The predicted octanol–water partition coefficient (Wildman–Crippen LogP) is 1.09. The predicted molar refractivity (Wildman–Crippen MR) is 63.1 cm³/mol. The van der Waals surface area contributed by atoms with Crippen LogP contribution in [0.5, 0.6) is 5.75 Å². The lowest BCUT2D eigenvalue weighted by atomic mass is 10.2. The Bertz CT molecular complexity index is 542. The van der Waals surface area contributed by atoms with Crippen LogP contribution in [-0.2, 0) is 0 Å². The molecule has 0 aliphatic heterocycles. The van der Waals surface area contributed by atoms with Gasteiger partial charge in [0.05, 0.1) is 18.8 Å². The Kier molecular flexibility index (Phi) is 3.52. The zero-order valence-electron chi connectivity index (χ0n) is 10.4. The number of halogens is 1. The van der Waals surface area contributed by atoms with Crippen molar-refractivity contribution in [3.8, 4) is 11.4 Å². The van der Waals surface area contributed by atoms with Gasteiger partial charge >= 0.3 is 0 Å². The molecular weight excluding hydrogens is 237 g/mol. The summed E-state index contributed by atoms with van der Waals surface area (Å²) in [7, 11) is 3.22. The largest absolute Gasteiger partial charge is 0.494 e. The fourth-order valence-corrected chi connectivity index (χ4v) is 1.56.